The molecule has 1 rings (SSSR count). The predicted molar refractivity (Wildman–Crippen MR) is 60.5 cm³/mol. The Bertz CT molecular complexity index is 149. The maximum Gasteiger partial charge on any atom is 0.0474 e. The molecule has 0 radical (unpaired) electrons. The van der Waals surface area contributed by atoms with Gasteiger partial charge in [-0.15, -0.1) is 0 Å². The summed E-state index contributed by atoms with van der Waals surface area (Å²) in [5, 5.41) is 3.63. The maximum atomic E-state index is 5.03. The van der Waals surface area contributed by atoms with Crippen LogP contribution in [0.3, 0.4) is 0 Å². The van der Waals surface area contributed by atoms with Crippen molar-refractivity contribution in [1.29, 1.82) is 0 Å². The maximum absolute atomic E-state index is 5.03. The molecule has 0 unspecified atom stereocenters. The van der Waals surface area contributed by atoms with Crippen molar-refractivity contribution in [3.63, 3.8) is 0 Å². The molecule has 3 atom stereocenters. The highest BCUT2D eigenvalue weighted by Crippen LogP contribution is 2.29. The lowest BCUT2D eigenvalue weighted by Gasteiger charge is -2.32. The lowest BCUT2D eigenvalue weighted by molar-refractivity contribution is 0.186. The molecule has 0 aliphatic heterocycles. The standard InChI is InChI=1S/C12H25NO/c1-10-5-6-12(9-11(10)2)13-7-4-8-14-3/h10-13H,4-9H2,1-3H3/t10-,11-,12-/m1/s1. The molecule has 0 heterocycles. The number of ether oxygens (including phenoxy) is 1. The molecular weight excluding hydrogens is 174 g/mol. The van der Waals surface area contributed by atoms with Crippen molar-refractivity contribution in [1.82, 2.24) is 5.32 Å². The summed E-state index contributed by atoms with van der Waals surface area (Å²) in [6, 6.07) is 0.762. The van der Waals surface area contributed by atoms with Crippen molar-refractivity contribution in [2.24, 2.45) is 11.8 Å². The minimum absolute atomic E-state index is 0.762. The van der Waals surface area contributed by atoms with Gasteiger partial charge >= 0.3 is 0 Å². The van der Waals surface area contributed by atoms with Gasteiger partial charge in [0.15, 0.2) is 0 Å². The van der Waals surface area contributed by atoms with Gasteiger partial charge in [0.25, 0.3) is 0 Å². The van der Waals surface area contributed by atoms with Crippen LogP contribution in [0, 0.1) is 11.8 Å². The highest BCUT2D eigenvalue weighted by atomic mass is 16.5. The molecule has 0 bridgehead atoms. The molecule has 0 aromatic heterocycles. The first-order valence-corrected chi connectivity index (χ1v) is 5.96. The summed E-state index contributed by atoms with van der Waals surface area (Å²) < 4.78 is 5.03. The van der Waals surface area contributed by atoms with Crippen LogP contribution in [-0.4, -0.2) is 26.3 Å². The van der Waals surface area contributed by atoms with Crippen molar-refractivity contribution >= 4 is 0 Å². The summed E-state index contributed by atoms with van der Waals surface area (Å²) in [7, 11) is 1.77. The smallest absolute Gasteiger partial charge is 0.0474 e. The van der Waals surface area contributed by atoms with E-state index in [0.717, 1.165) is 37.5 Å². The fourth-order valence-corrected chi connectivity index (χ4v) is 2.26. The van der Waals surface area contributed by atoms with E-state index in [1.807, 2.05) is 0 Å². The van der Waals surface area contributed by atoms with Crippen molar-refractivity contribution in [2.45, 2.75) is 45.6 Å². The van der Waals surface area contributed by atoms with Gasteiger partial charge in [0.05, 0.1) is 0 Å². The van der Waals surface area contributed by atoms with E-state index in [4.69, 9.17) is 4.74 Å². The first kappa shape index (κ1) is 12.0. The van der Waals surface area contributed by atoms with Crippen LogP contribution in [0.2, 0.25) is 0 Å². The Balaban J connectivity index is 2.07. The predicted octanol–water partition coefficient (Wildman–Crippen LogP) is 2.44. The number of hydrogen-bond donors (Lipinski definition) is 1. The zero-order valence-electron chi connectivity index (χ0n) is 9.88. The fraction of sp³-hybridized carbons (Fsp3) is 1.00. The summed E-state index contributed by atoms with van der Waals surface area (Å²) in [4.78, 5) is 0. The second-order valence-corrected chi connectivity index (χ2v) is 4.77. The zero-order chi connectivity index (χ0) is 10.4. The van der Waals surface area contributed by atoms with Crippen molar-refractivity contribution in [3.8, 4) is 0 Å². The van der Waals surface area contributed by atoms with E-state index in [-0.39, 0.29) is 0 Å². The average Bonchev–Trinajstić information content (AvgIpc) is 2.18. The zero-order valence-corrected chi connectivity index (χ0v) is 9.88. The topological polar surface area (TPSA) is 21.3 Å². The van der Waals surface area contributed by atoms with E-state index in [1.54, 1.807) is 7.11 Å². The summed E-state index contributed by atoms with van der Waals surface area (Å²) in [5.41, 5.74) is 0. The highest BCUT2D eigenvalue weighted by molar-refractivity contribution is 4.79. The van der Waals surface area contributed by atoms with E-state index in [2.05, 4.69) is 19.2 Å². The monoisotopic (exact) mass is 199 g/mol. The lowest BCUT2D eigenvalue weighted by atomic mass is 9.79. The SMILES string of the molecule is COCCCN[C@@H]1CC[C@@H](C)[C@H](C)C1. The normalized spacial score (nSPS) is 33.2. The first-order chi connectivity index (χ1) is 6.74. The molecule has 1 fully saturated rings. The van der Waals surface area contributed by atoms with Gasteiger partial charge in [-0.2, -0.15) is 0 Å². The third-order valence-corrected chi connectivity index (χ3v) is 3.56. The Morgan fingerprint density at radius 1 is 1.21 bits per heavy atom. The van der Waals surface area contributed by atoms with Gasteiger partial charge in [-0.1, -0.05) is 13.8 Å². The highest BCUT2D eigenvalue weighted by Gasteiger charge is 2.23. The summed E-state index contributed by atoms with van der Waals surface area (Å²) in [5.74, 6) is 1.82. The van der Waals surface area contributed by atoms with Crippen LogP contribution < -0.4 is 5.32 Å². The Kier molecular flexibility index (Phi) is 5.49. The molecule has 0 spiro atoms. The number of rotatable bonds is 5. The van der Waals surface area contributed by atoms with Crippen LogP contribution >= 0.6 is 0 Å². The molecular formula is C12H25NO. The molecule has 0 aromatic carbocycles. The number of methoxy groups -OCH3 is 1. The Morgan fingerprint density at radius 3 is 2.64 bits per heavy atom. The molecule has 14 heavy (non-hydrogen) atoms. The van der Waals surface area contributed by atoms with Crippen LogP contribution in [0.5, 0.6) is 0 Å². The van der Waals surface area contributed by atoms with E-state index in [9.17, 15) is 0 Å². The molecule has 1 aliphatic carbocycles. The van der Waals surface area contributed by atoms with Gasteiger partial charge in [-0.05, 0) is 44.1 Å². The van der Waals surface area contributed by atoms with Gasteiger partial charge in [0, 0.05) is 19.8 Å². The Hall–Kier alpha value is -0.0800. The van der Waals surface area contributed by atoms with E-state index < -0.39 is 0 Å². The van der Waals surface area contributed by atoms with Crippen molar-refractivity contribution in [3.05, 3.63) is 0 Å². The van der Waals surface area contributed by atoms with Crippen LogP contribution in [0.1, 0.15) is 39.5 Å². The van der Waals surface area contributed by atoms with Gasteiger partial charge in [-0.25, -0.2) is 0 Å². The summed E-state index contributed by atoms with van der Waals surface area (Å²) in [6.07, 6.45) is 5.24. The molecule has 0 amide bonds. The van der Waals surface area contributed by atoms with Gasteiger partial charge in [-0.3, -0.25) is 0 Å². The van der Waals surface area contributed by atoms with E-state index in [1.165, 1.54) is 19.3 Å². The second kappa shape index (κ2) is 6.41. The van der Waals surface area contributed by atoms with Crippen LogP contribution in [0.4, 0.5) is 0 Å². The first-order valence-electron chi connectivity index (χ1n) is 5.96. The van der Waals surface area contributed by atoms with Gasteiger partial charge in [0.2, 0.25) is 0 Å². The Labute approximate surface area is 88.4 Å². The van der Waals surface area contributed by atoms with Gasteiger partial charge in [0.1, 0.15) is 0 Å². The minimum atomic E-state index is 0.762. The summed E-state index contributed by atoms with van der Waals surface area (Å²) in [6.45, 7) is 6.75. The van der Waals surface area contributed by atoms with Crippen LogP contribution in [0.15, 0.2) is 0 Å². The number of nitrogens with one attached hydrogen (secondary N) is 1. The van der Waals surface area contributed by atoms with Crippen LogP contribution in [-0.2, 0) is 4.74 Å². The molecule has 1 saturated carbocycles. The fourth-order valence-electron chi connectivity index (χ4n) is 2.26. The summed E-state index contributed by atoms with van der Waals surface area (Å²) >= 11 is 0. The van der Waals surface area contributed by atoms with Crippen LogP contribution in [0.25, 0.3) is 0 Å². The van der Waals surface area contributed by atoms with Crippen molar-refractivity contribution < 1.29 is 4.74 Å². The third kappa shape index (κ3) is 3.97. The second-order valence-electron chi connectivity index (χ2n) is 4.77. The van der Waals surface area contributed by atoms with E-state index in [0.29, 0.717) is 0 Å². The van der Waals surface area contributed by atoms with E-state index >= 15 is 0 Å². The molecule has 0 aromatic rings. The molecule has 84 valence electrons. The molecule has 2 heteroatoms. The average molecular weight is 199 g/mol. The molecule has 0 saturated heterocycles. The number of hydrogen-bond acceptors (Lipinski definition) is 2. The Morgan fingerprint density at radius 2 is 2.00 bits per heavy atom. The molecule has 2 nitrogen and oxygen atoms in total. The molecule has 1 N–H and O–H groups in total. The minimum Gasteiger partial charge on any atom is -0.385 e. The third-order valence-electron chi connectivity index (χ3n) is 3.56. The molecule has 1 aliphatic rings. The quantitative estimate of drug-likeness (QED) is 0.687. The largest absolute Gasteiger partial charge is 0.385 e. The van der Waals surface area contributed by atoms with Crippen molar-refractivity contribution in [2.75, 3.05) is 20.3 Å². The lowest BCUT2D eigenvalue weighted by Crippen LogP contribution is -2.36. The van der Waals surface area contributed by atoms with Gasteiger partial charge < -0.3 is 10.1 Å².